The van der Waals surface area contributed by atoms with Crippen LogP contribution < -0.4 is 15.4 Å². The molecule has 0 saturated carbocycles. The lowest BCUT2D eigenvalue weighted by molar-refractivity contribution is -0.139. The SMILES string of the molecule is CSCCC(Nc1ccccc1)C(=O)NC(CCSC)C(=O)Oc1ccc(C)cc1. The predicted octanol–water partition coefficient (Wildman–Crippen LogP) is 4.37. The van der Waals surface area contributed by atoms with Gasteiger partial charge in [-0.1, -0.05) is 35.9 Å². The molecule has 7 heteroatoms. The van der Waals surface area contributed by atoms with Gasteiger partial charge >= 0.3 is 5.97 Å². The molecule has 2 rings (SSSR count). The fourth-order valence-corrected chi connectivity index (χ4v) is 3.73. The summed E-state index contributed by atoms with van der Waals surface area (Å²) in [6.45, 7) is 1.97. The first-order valence-corrected chi connectivity index (χ1v) is 12.7. The van der Waals surface area contributed by atoms with Crippen LogP contribution in [0.5, 0.6) is 5.75 Å². The number of ether oxygens (including phenoxy) is 1. The number of carbonyl (C=O) groups is 2. The summed E-state index contributed by atoms with van der Waals surface area (Å²) in [5.41, 5.74) is 1.97. The minimum absolute atomic E-state index is 0.195. The Morgan fingerprint density at radius 2 is 1.50 bits per heavy atom. The van der Waals surface area contributed by atoms with Gasteiger partial charge in [0.1, 0.15) is 17.8 Å². The molecule has 0 heterocycles. The van der Waals surface area contributed by atoms with E-state index in [-0.39, 0.29) is 5.91 Å². The lowest BCUT2D eigenvalue weighted by Crippen LogP contribution is -2.49. The summed E-state index contributed by atoms with van der Waals surface area (Å²) in [4.78, 5) is 25.8. The number of para-hydroxylation sites is 1. The van der Waals surface area contributed by atoms with Crippen molar-refractivity contribution in [3.63, 3.8) is 0 Å². The molecule has 2 aromatic carbocycles. The zero-order valence-electron chi connectivity index (χ0n) is 17.7. The Balaban J connectivity index is 2.07. The number of hydrogen-bond donors (Lipinski definition) is 2. The number of carbonyl (C=O) groups excluding carboxylic acids is 2. The molecule has 2 atom stereocenters. The van der Waals surface area contributed by atoms with Gasteiger partial charge in [-0.05, 0) is 68.0 Å². The summed E-state index contributed by atoms with van der Waals surface area (Å²) in [5, 5.41) is 6.20. The van der Waals surface area contributed by atoms with Crippen LogP contribution in [0.15, 0.2) is 54.6 Å². The molecule has 0 saturated heterocycles. The van der Waals surface area contributed by atoms with Crippen molar-refractivity contribution in [3.05, 3.63) is 60.2 Å². The average Bonchev–Trinajstić information content (AvgIpc) is 2.76. The monoisotopic (exact) mass is 446 g/mol. The Kier molecular flexibility index (Phi) is 10.7. The second-order valence-corrected chi connectivity index (χ2v) is 8.89. The molecule has 2 unspecified atom stereocenters. The molecular formula is C23H30N2O3S2. The van der Waals surface area contributed by atoms with Crippen molar-refractivity contribution < 1.29 is 14.3 Å². The Morgan fingerprint density at radius 3 is 2.10 bits per heavy atom. The maximum atomic E-state index is 13.0. The number of thioether (sulfide) groups is 2. The van der Waals surface area contributed by atoms with E-state index in [2.05, 4.69) is 10.6 Å². The molecular weight excluding hydrogens is 416 g/mol. The lowest BCUT2D eigenvalue weighted by atomic mass is 10.1. The standard InChI is InChI=1S/C23H30N2O3S2/c1-17-9-11-19(12-10-17)28-23(27)21(14-16-30-3)25-22(26)20(13-15-29-2)24-18-7-5-4-6-8-18/h4-12,20-21,24H,13-16H2,1-3H3,(H,25,26). The van der Waals surface area contributed by atoms with Crippen molar-refractivity contribution in [2.24, 2.45) is 0 Å². The van der Waals surface area contributed by atoms with Crippen molar-refractivity contribution in [2.45, 2.75) is 31.8 Å². The third-order valence-corrected chi connectivity index (χ3v) is 5.78. The van der Waals surface area contributed by atoms with E-state index < -0.39 is 18.1 Å². The summed E-state index contributed by atoms with van der Waals surface area (Å²) in [5.74, 6) is 1.43. The van der Waals surface area contributed by atoms with E-state index >= 15 is 0 Å². The van der Waals surface area contributed by atoms with Gasteiger partial charge in [-0.2, -0.15) is 23.5 Å². The van der Waals surface area contributed by atoms with Gasteiger partial charge in [0, 0.05) is 5.69 Å². The minimum Gasteiger partial charge on any atom is -0.425 e. The van der Waals surface area contributed by atoms with Gasteiger partial charge in [-0.3, -0.25) is 4.79 Å². The van der Waals surface area contributed by atoms with Gasteiger partial charge in [0.25, 0.3) is 0 Å². The molecule has 2 N–H and O–H groups in total. The van der Waals surface area contributed by atoms with Crippen LogP contribution in [0.1, 0.15) is 18.4 Å². The number of anilines is 1. The smallest absolute Gasteiger partial charge is 0.334 e. The maximum Gasteiger partial charge on any atom is 0.334 e. The van der Waals surface area contributed by atoms with E-state index in [9.17, 15) is 9.59 Å². The van der Waals surface area contributed by atoms with Crippen LogP contribution in [-0.2, 0) is 9.59 Å². The van der Waals surface area contributed by atoms with Crippen molar-refractivity contribution in [2.75, 3.05) is 29.3 Å². The van der Waals surface area contributed by atoms with Crippen LogP contribution in [0, 0.1) is 6.92 Å². The second-order valence-electron chi connectivity index (χ2n) is 6.92. The molecule has 0 aliphatic heterocycles. The topological polar surface area (TPSA) is 67.4 Å². The first-order chi connectivity index (χ1) is 14.5. The molecule has 30 heavy (non-hydrogen) atoms. The molecule has 0 radical (unpaired) electrons. The predicted molar refractivity (Wildman–Crippen MR) is 129 cm³/mol. The van der Waals surface area contributed by atoms with Gasteiger partial charge in [-0.15, -0.1) is 0 Å². The van der Waals surface area contributed by atoms with Crippen LogP contribution in [0.2, 0.25) is 0 Å². The van der Waals surface area contributed by atoms with Gasteiger partial charge in [0.15, 0.2) is 0 Å². The van der Waals surface area contributed by atoms with Crippen LogP contribution >= 0.6 is 23.5 Å². The number of amides is 1. The summed E-state index contributed by atoms with van der Waals surface area (Å²) in [7, 11) is 0. The fraction of sp³-hybridized carbons (Fsp3) is 0.391. The molecule has 0 aliphatic carbocycles. The fourth-order valence-electron chi connectivity index (χ4n) is 2.79. The van der Waals surface area contributed by atoms with Crippen LogP contribution in [-0.4, -0.2) is 48.0 Å². The molecule has 5 nitrogen and oxygen atoms in total. The van der Waals surface area contributed by atoms with Crippen LogP contribution in [0.4, 0.5) is 5.69 Å². The molecule has 0 fully saturated rings. The minimum atomic E-state index is -0.694. The van der Waals surface area contributed by atoms with Crippen molar-refractivity contribution in [1.82, 2.24) is 5.32 Å². The molecule has 0 aromatic heterocycles. The first kappa shape index (κ1) is 24.2. The Hall–Kier alpha value is -2.12. The van der Waals surface area contributed by atoms with E-state index in [0.29, 0.717) is 18.6 Å². The number of benzene rings is 2. The molecule has 0 spiro atoms. The molecule has 1 amide bonds. The van der Waals surface area contributed by atoms with Gasteiger partial charge in [0.05, 0.1) is 0 Å². The van der Waals surface area contributed by atoms with E-state index in [1.165, 1.54) is 0 Å². The molecule has 0 aliphatic rings. The van der Waals surface area contributed by atoms with Crippen LogP contribution in [0.25, 0.3) is 0 Å². The van der Waals surface area contributed by atoms with E-state index in [1.54, 1.807) is 35.7 Å². The zero-order chi connectivity index (χ0) is 21.8. The van der Waals surface area contributed by atoms with Crippen molar-refractivity contribution in [3.8, 4) is 5.75 Å². The third-order valence-electron chi connectivity index (χ3n) is 4.49. The quantitative estimate of drug-likeness (QED) is 0.373. The summed E-state index contributed by atoms with van der Waals surface area (Å²) < 4.78 is 5.52. The van der Waals surface area contributed by atoms with Gasteiger partial charge < -0.3 is 15.4 Å². The highest BCUT2D eigenvalue weighted by Gasteiger charge is 2.26. The number of aryl methyl sites for hydroxylation is 1. The highest BCUT2D eigenvalue weighted by Crippen LogP contribution is 2.15. The van der Waals surface area contributed by atoms with E-state index in [4.69, 9.17) is 4.74 Å². The zero-order valence-corrected chi connectivity index (χ0v) is 19.4. The molecule has 0 bridgehead atoms. The van der Waals surface area contributed by atoms with E-state index in [1.807, 2.05) is 61.9 Å². The van der Waals surface area contributed by atoms with Crippen molar-refractivity contribution >= 4 is 41.1 Å². The Bertz CT molecular complexity index is 785. The highest BCUT2D eigenvalue weighted by molar-refractivity contribution is 7.98. The van der Waals surface area contributed by atoms with Gasteiger partial charge in [0.2, 0.25) is 5.91 Å². The van der Waals surface area contributed by atoms with Gasteiger partial charge in [-0.25, -0.2) is 4.79 Å². The van der Waals surface area contributed by atoms with Crippen LogP contribution in [0.3, 0.4) is 0 Å². The highest BCUT2D eigenvalue weighted by atomic mass is 32.2. The third kappa shape index (κ3) is 8.32. The molecule has 2 aromatic rings. The average molecular weight is 447 g/mol. The Morgan fingerprint density at radius 1 is 0.900 bits per heavy atom. The largest absolute Gasteiger partial charge is 0.425 e. The summed E-state index contributed by atoms with van der Waals surface area (Å²) in [6.07, 6.45) is 5.16. The number of rotatable bonds is 12. The van der Waals surface area contributed by atoms with E-state index in [0.717, 1.165) is 22.8 Å². The van der Waals surface area contributed by atoms with Crippen molar-refractivity contribution in [1.29, 1.82) is 0 Å². The maximum absolute atomic E-state index is 13.0. The number of nitrogens with one attached hydrogen (secondary N) is 2. The normalized spacial score (nSPS) is 12.6. The number of hydrogen-bond acceptors (Lipinski definition) is 6. The summed E-state index contributed by atoms with van der Waals surface area (Å²) >= 11 is 3.31. The number of esters is 1. The Labute approximate surface area is 187 Å². The second kappa shape index (κ2) is 13.2. The lowest BCUT2D eigenvalue weighted by Gasteiger charge is -2.23. The summed E-state index contributed by atoms with van der Waals surface area (Å²) in [6, 6.07) is 15.8. The molecule has 162 valence electrons. The first-order valence-electron chi connectivity index (χ1n) is 9.91.